The van der Waals surface area contributed by atoms with Gasteiger partial charge in [0.1, 0.15) is 0 Å². The molecule has 2 aromatic carbocycles. The van der Waals surface area contributed by atoms with Gasteiger partial charge in [0, 0.05) is 37.1 Å². The SMILES string of the molecule is CCOC(=O)CCNS(=O)(=O)c1cccc2c(N(C)C)cccc12. The van der Waals surface area contributed by atoms with Gasteiger partial charge in [-0.15, -0.1) is 0 Å². The Balaban J connectivity index is 2.31. The number of anilines is 1. The molecule has 0 aliphatic heterocycles. The van der Waals surface area contributed by atoms with Crippen molar-refractivity contribution in [1.29, 1.82) is 0 Å². The van der Waals surface area contributed by atoms with Gasteiger partial charge in [0.05, 0.1) is 17.9 Å². The van der Waals surface area contributed by atoms with E-state index < -0.39 is 16.0 Å². The highest BCUT2D eigenvalue weighted by molar-refractivity contribution is 7.89. The number of nitrogens with zero attached hydrogens (tertiary/aromatic N) is 1. The Morgan fingerprint density at radius 1 is 1.12 bits per heavy atom. The minimum atomic E-state index is -3.72. The molecule has 1 N–H and O–H groups in total. The molecule has 6 nitrogen and oxygen atoms in total. The average molecular weight is 350 g/mol. The van der Waals surface area contributed by atoms with E-state index in [0.717, 1.165) is 11.1 Å². The van der Waals surface area contributed by atoms with Crippen molar-refractivity contribution in [1.82, 2.24) is 4.72 Å². The second kappa shape index (κ2) is 7.63. The molecule has 0 radical (unpaired) electrons. The highest BCUT2D eigenvalue weighted by Gasteiger charge is 2.18. The van der Waals surface area contributed by atoms with Crippen molar-refractivity contribution in [2.24, 2.45) is 0 Å². The quantitative estimate of drug-likeness (QED) is 0.774. The number of carbonyl (C=O) groups is 1. The van der Waals surface area contributed by atoms with Crippen LogP contribution in [-0.2, 0) is 19.6 Å². The number of rotatable bonds is 7. The van der Waals surface area contributed by atoms with Crippen LogP contribution in [0.1, 0.15) is 13.3 Å². The number of nitrogens with one attached hydrogen (secondary N) is 1. The van der Waals surface area contributed by atoms with E-state index in [1.54, 1.807) is 25.1 Å². The number of sulfonamides is 1. The van der Waals surface area contributed by atoms with Crippen LogP contribution >= 0.6 is 0 Å². The molecule has 7 heteroatoms. The Bertz CT molecular complexity index is 832. The molecular formula is C17H22N2O4S. The van der Waals surface area contributed by atoms with Crippen molar-refractivity contribution >= 4 is 32.5 Å². The Morgan fingerprint density at radius 2 is 1.79 bits per heavy atom. The third-order valence-corrected chi connectivity index (χ3v) is 5.08. The van der Waals surface area contributed by atoms with Crippen LogP contribution < -0.4 is 9.62 Å². The van der Waals surface area contributed by atoms with E-state index in [4.69, 9.17) is 4.74 Å². The molecule has 0 aromatic heterocycles. The molecule has 24 heavy (non-hydrogen) atoms. The highest BCUT2D eigenvalue weighted by Crippen LogP contribution is 2.29. The van der Waals surface area contributed by atoms with Crippen molar-refractivity contribution in [2.45, 2.75) is 18.2 Å². The number of esters is 1. The van der Waals surface area contributed by atoms with Crippen molar-refractivity contribution in [3.05, 3.63) is 36.4 Å². The molecular weight excluding hydrogens is 328 g/mol. The zero-order valence-electron chi connectivity index (χ0n) is 14.1. The summed E-state index contributed by atoms with van der Waals surface area (Å²) in [5.74, 6) is -0.423. The van der Waals surface area contributed by atoms with Crippen LogP contribution in [0.4, 0.5) is 5.69 Å². The molecule has 130 valence electrons. The summed E-state index contributed by atoms with van der Waals surface area (Å²) in [7, 11) is 0.104. The van der Waals surface area contributed by atoms with E-state index in [0.29, 0.717) is 5.39 Å². The van der Waals surface area contributed by atoms with Crippen molar-refractivity contribution in [3.8, 4) is 0 Å². The number of fused-ring (bicyclic) bond motifs is 1. The van der Waals surface area contributed by atoms with Gasteiger partial charge in [-0.25, -0.2) is 13.1 Å². The topological polar surface area (TPSA) is 75.7 Å². The molecule has 0 heterocycles. The molecule has 2 rings (SSSR count). The third kappa shape index (κ3) is 4.04. The number of benzene rings is 2. The standard InChI is InChI=1S/C17H22N2O4S/c1-4-23-17(20)11-12-18-24(21,22)16-10-6-7-13-14(16)8-5-9-15(13)19(2)3/h5-10,18H,4,11-12H2,1-3H3. The molecule has 0 spiro atoms. The second-order valence-electron chi connectivity index (χ2n) is 5.48. The summed E-state index contributed by atoms with van der Waals surface area (Å²) in [6, 6.07) is 10.7. The van der Waals surface area contributed by atoms with Crippen LogP contribution in [0.3, 0.4) is 0 Å². The fourth-order valence-corrected chi connectivity index (χ4v) is 3.74. The third-order valence-electron chi connectivity index (χ3n) is 3.56. The summed E-state index contributed by atoms with van der Waals surface area (Å²) in [6.07, 6.45) is 0.000778. The Labute approximate surface area is 142 Å². The van der Waals surface area contributed by atoms with Crippen LogP contribution in [-0.4, -0.2) is 41.6 Å². The minimum Gasteiger partial charge on any atom is -0.466 e. The molecule has 0 amide bonds. The first-order valence-corrected chi connectivity index (χ1v) is 9.19. The van der Waals surface area contributed by atoms with Gasteiger partial charge < -0.3 is 9.64 Å². The Morgan fingerprint density at radius 3 is 2.46 bits per heavy atom. The summed E-state index contributed by atoms with van der Waals surface area (Å²) in [6.45, 7) is 1.99. The molecule has 0 saturated carbocycles. The maximum Gasteiger partial charge on any atom is 0.307 e. The van der Waals surface area contributed by atoms with Crippen LogP contribution in [0, 0.1) is 0 Å². The molecule has 0 bridgehead atoms. The number of hydrogen-bond acceptors (Lipinski definition) is 5. The van der Waals surface area contributed by atoms with E-state index in [9.17, 15) is 13.2 Å². The first-order valence-electron chi connectivity index (χ1n) is 7.71. The molecule has 0 atom stereocenters. The lowest BCUT2D eigenvalue weighted by atomic mass is 10.1. The van der Waals surface area contributed by atoms with E-state index in [1.165, 1.54) is 0 Å². The molecule has 0 saturated heterocycles. The molecule has 0 fully saturated rings. The van der Waals surface area contributed by atoms with E-state index in [2.05, 4.69) is 4.72 Å². The van der Waals surface area contributed by atoms with Crippen molar-refractivity contribution in [3.63, 3.8) is 0 Å². The zero-order chi connectivity index (χ0) is 17.7. The number of ether oxygens (including phenoxy) is 1. The van der Waals surface area contributed by atoms with E-state index >= 15 is 0 Å². The monoisotopic (exact) mass is 350 g/mol. The number of carbonyl (C=O) groups excluding carboxylic acids is 1. The van der Waals surface area contributed by atoms with Crippen LogP contribution in [0.15, 0.2) is 41.3 Å². The van der Waals surface area contributed by atoms with E-state index in [1.807, 2.05) is 37.2 Å². The van der Waals surface area contributed by atoms with Crippen molar-refractivity contribution < 1.29 is 17.9 Å². The average Bonchev–Trinajstić information content (AvgIpc) is 2.53. The van der Waals surface area contributed by atoms with Gasteiger partial charge in [-0.2, -0.15) is 0 Å². The van der Waals surface area contributed by atoms with Gasteiger partial charge in [0.15, 0.2) is 0 Å². The largest absolute Gasteiger partial charge is 0.466 e. The molecule has 0 aliphatic rings. The fraction of sp³-hybridized carbons (Fsp3) is 0.353. The lowest BCUT2D eigenvalue weighted by Crippen LogP contribution is -2.27. The van der Waals surface area contributed by atoms with Gasteiger partial charge in [-0.05, 0) is 19.1 Å². The van der Waals surface area contributed by atoms with Gasteiger partial charge in [-0.1, -0.05) is 24.3 Å². The maximum atomic E-state index is 12.6. The fourth-order valence-electron chi connectivity index (χ4n) is 2.49. The predicted molar refractivity (Wildman–Crippen MR) is 94.7 cm³/mol. The van der Waals surface area contributed by atoms with Gasteiger partial charge in [0.25, 0.3) is 0 Å². The van der Waals surface area contributed by atoms with Gasteiger partial charge in [0.2, 0.25) is 10.0 Å². The zero-order valence-corrected chi connectivity index (χ0v) is 14.9. The number of hydrogen-bond donors (Lipinski definition) is 1. The minimum absolute atomic E-state index is 0.000778. The van der Waals surface area contributed by atoms with Crippen molar-refractivity contribution in [2.75, 3.05) is 32.1 Å². The first-order chi connectivity index (χ1) is 11.4. The normalized spacial score (nSPS) is 11.5. The molecule has 0 unspecified atom stereocenters. The van der Waals surface area contributed by atoms with Crippen LogP contribution in [0.25, 0.3) is 10.8 Å². The molecule has 0 aliphatic carbocycles. The lowest BCUT2D eigenvalue weighted by molar-refractivity contribution is -0.142. The lowest BCUT2D eigenvalue weighted by Gasteiger charge is -2.17. The van der Waals surface area contributed by atoms with Crippen LogP contribution in [0.2, 0.25) is 0 Å². The van der Waals surface area contributed by atoms with Gasteiger partial charge in [-0.3, -0.25) is 4.79 Å². The summed E-state index contributed by atoms with van der Waals surface area (Å²) in [5, 5.41) is 1.50. The Hall–Kier alpha value is -2.12. The summed E-state index contributed by atoms with van der Waals surface area (Å²) in [5.41, 5.74) is 0.941. The first kappa shape index (κ1) is 18.2. The predicted octanol–water partition coefficient (Wildman–Crippen LogP) is 2.14. The summed E-state index contributed by atoms with van der Waals surface area (Å²) in [4.78, 5) is 13.5. The smallest absolute Gasteiger partial charge is 0.307 e. The Kier molecular flexibility index (Phi) is 5.80. The molecule has 2 aromatic rings. The van der Waals surface area contributed by atoms with Crippen LogP contribution in [0.5, 0.6) is 0 Å². The summed E-state index contributed by atoms with van der Waals surface area (Å²) < 4.78 is 32.4. The maximum absolute atomic E-state index is 12.6. The van der Waals surface area contributed by atoms with Gasteiger partial charge >= 0.3 is 5.97 Å². The summed E-state index contributed by atoms with van der Waals surface area (Å²) >= 11 is 0. The second-order valence-corrected chi connectivity index (χ2v) is 7.21. The highest BCUT2D eigenvalue weighted by atomic mass is 32.2. The van der Waals surface area contributed by atoms with E-state index in [-0.39, 0.29) is 24.5 Å².